The summed E-state index contributed by atoms with van der Waals surface area (Å²) in [6.07, 6.45) is 7.18. The zero-order valence-electron chi connectivity index (χ0n) is 35.6. The Labute approximate surface area is 361 Å². The topological polar surface area (TPSA) is 172 Å². The number of amides is 1. The molecule has 0 bridgehead atoms. The van der Waals surface area contributed by atoms with Gasteiger partial charge in [-0.05, 0) is 117 Å². The molecule has 15 nitrogen and oxygen atoms in total. The van der Waals surface area contributed by atoms with Gasteiger partial charge < -0.3 is 14.2 Å². The average Bonchev–Trinajstić information content (AvgIpc) is 3.75. The molecule has 0 spiro atoms. The number of hydrogen-bond donors (Lipinski definition) is 1. The summed E-state index contributed by atoms with van der Waals surface area (Å²) in [4.78, 5) is 47.0. The van der Waals surface area contributed by atoms with Gasteiger partial charge in [0.1, 0.15) is 22.9 Å². The van der Waals surface area contributed by atoms with Crippen molar-refractivity contribution in [3.8, 4) is 17.2 Å². The molecule has 1 saturated carbocycles. The molecule has 2 fully saturated rings. The van der Waals surface area contributed by atoms with Gasteiger partial charge in [0.15, 0.2) is 15.7 Å². The first-order chi connectivity index (χ1) is 30.1. The number of benzene rings is 3. The number of sulfone groups is 1. The summed E-state index contributed by atoms with van der Waals surface area (Å²) >= 11 is 0. The molecule has 17 heteroatoms. The molecule has 326 valence electrons. The SMILES string of the molecule is Cc1cc(-n2nc3c(c2-n2ccn(-c4cccc(CS(C)(=O)=O)c4)c2=O)C(C)N(C(=O)c2cc4cc(C5CCOCC5)ccc4n2C2(c4noc(=O)[nH]4)CC2C)CC3)cc(C)c1F. The van der Waals surface area contributed by atoms with Gasteiger partial charge in [0.25, 0.3) is 5.91 Å². The van der Waals surface area contributed by atoms with Crippen molar-refractivity contribution >= 4 is 26.6 Å². The number of nitrogens with zero attached hydrogens (tertiary/aromatic N) is 7. The van der Waals surface area contributed by atoms with Crippen molar-refractivity contribution in [1.29, 1.82) is 0 Å². The zero-order chi connectivity index (χ0) is 44.1. The van der Waals surface area contributed by atoms with E-state index >= 15 is 9.18 Å². The molecule has 7 aromatic rings. The summed E-state index contributed by atoms with van der Waals surface area (Å²) in [5.74, 6) is -0.365. The smallest absolute Gasteiger partial charge is 0.381 e. The average molecular weight is 875 g/mol. The first-order valence-corrected chi connectivity index (χ1v) is 23.3. The number of aromatic nitrogens is 7. The number of rotatable bonds is 9. The van der Waals surface area contributed by atoms with E-state index in [9.17, 15) is 18.0 Å². The number of hydrogen-bond acceptors (Lipinski definition) is 9. The van der Waals surface area contributed by atoms with E-state index in [0.717, 1.165) is 30.0 Å². The van der Waals surface area contributed by atoms with Crippen LogP contribution in [-0.4, -0.2) is 78.9 Å². The Kier molecular flexibility index (Phi) is 9.63. The van der Waals surface area contributed by atoms with Gasteiger partial charge in [-0.3, -0.25) is 23.4 Å². The molecular weight excluding hydrogens is 828 g/mol. The van der Waals surface area contributed by atoms with Crippen LogP contribution in [0, 0.1) is 25.6 Å². The third kappa shape index (κ3) is 6.79. The number of ether oxygens (including phenoxy) is 1. The molecule has 0 radical (unpaired) electrons. The summed E-state index contributed by atoms with van der Waals surface area (Å²) < 4.78 is 56.7. The minimum Gasteiger partial charge on any atom is -0.381 e. The maximum atomic E-state index is 15.4. The maximum absolute atomic E-state index is 15.4. The molecule has 3 aliphatic rings. The van der Waals surface area contributed by atoms with Crippen molar-refractivity contribution in [2.75, 3.05) is 26.0 Å². The molecule has 1 N–H and O–H groups in total. The molecular formula is C46H47FN8O7S. The molecule has 3 atom stereocenters. The van der Waals surface area contributed by atoms with Crippen LogP contribution in [0.4, 0.5) is 4.39 Å². The summed E-state index contributed by atoms with van der Waals surface area (Å²) in [5, 5.41) is 10.1. The lowest BCUT2D eigenvalue weighted by atomic mass is 9.91. The molecule has 3 aromatic carbocycles. The van der Waals surface area contributed by atoms with Crippen LogP contribution in [-0.2, 0) is 32.3 Å². The third-order valence-electron chi connectivity index (χ3n) is 13.3. The fourth-order valence-electron chi connectivity index (χ4n) is 10.0. The largest absolute Gasteiger partial charge is 0.438 e. The van der Waals surface area contributed by atoms with Crippen molar-refractivity contribution in [3.63, 3.8) is 0 Å². The second kappa shape index (κ2) is 14.9. The van der Waals surface area contributed by atoms with Gasteiger partial charge in [-0.15, -0.1) is 0 Å². The number of carbonyl (C=O) groups is 1. The first-order valence-electron chi connectivity index (χ1n) is 21.2. The number of aryl methyl sites for hydroxylation is 2. The van der Waals surface area contributed by atoms with E-state index in [1.807, 2.05) is 17.6 Å². The van der Waals surface area contributed by atoms with Gasteiger partial charge in [0.2, 0.25) is 0 Å². The van der Waals surface area contributed by atoms with E-state index in [4.69, 9.17) is 14.4 Å². The highest BCUT2D eigenvalue weighted by atomic mass is 32.2. The first kappa shape index (κ1) is 40.7. The normalized spacial score (nSPS) is 20.4. The van der Waals surface area contributed by atoms with Gasteiger partial charge in [-0.1, -0.05) is 30.3 Å². The van der Waals surface area contributed by atoms with Crippen molar-refractivity contribution in [1.82, 2.24) is 38.5 Å². The lowest BCUT2D eigenvalue weighted by Crippen LogP contribution is -2.41. The van der Waals surface area contributed by atoms with E-state index in [0.29, 0.717) is 95.2 Å². The molecule has 1 saturated heterocycles. The Balaban J connectivity index is 1.11. The van der Waals surface area contributed by atoms with E-state index in [1.54, 1.807) is 72.2 Å². The van der Waals surface area contributed by atoms with Crippen LogP contribution in [0.3, 0.4) is 0 Å². The Morgan fingerprint density at radius 3 is 2.38 bits per heavy atom. The molecule has 10 rings (SSSR count). The number of aromatic amines is 1. The van der Waals surface area contributed by atoms with Gasteiger partial charge in [-0.25, -0.2) is 27.1 Å². The minimum absolute atomic E-state index is 0.0105. The van der Waals surface area contributed by atoms with Gasteiger partial charge in [0.05, 0.1) is 28.9 Å². The molecule has 1 amide bonds. The third-order valence-corrected chi connectivity index (χ3v) is 14.1. The predicted octanol–water partition coefficient (Wildman–Crippen LogP) is 6.18. The van der Waals surface area contributed by atoms with Crippen molar-refractivity contribution < 1.29 is 26.9 Å². The lowest BCUT2D eigenvalue weighted by molar-refractivity contribution is 0.0663. The lowest BCUT2D eigenvalue weighted by Gasteiger charge is -2.34. The van der Waals surface area contributed by atoms with Crippen LogP contribution in [0.15, 0.2) is 87.2 Å². The van der Waals surface area contributed by atoms with E-state index < -0.39 is 32.9 Å². The second-order valence-corrected chi connectivity index (χ2v) is 19.7. The summed E-state index contributed by atoms with van der Waals surface area (Å²) in [7, 11) is -3.34. The highest BCUT2D eigenvalue weighted by Gasteiger charge is 2.59. The standard InChI is InChI=1S/C46H47FN8O7S/c1-26-19-35(20-27(2)40(26)47)55-41(53-16-15-52(45(53)58)34-8-6-7-30(21-34)25-63(5,59)60)39-29(4)51(14-11-36(39)49-55)42(56)38-23-33-22-32(31-12-17-61-18-13-31)9-10-37(33)54(38)46(24-28(46)3)43-48-44(57)62-50-43/h6-10,15-16,19-23,28-29,31H,11-14,17-18,24-25H2,1-5H3,(H,48,50,57). The van der Waals surface area contributed by atoms with Crippen molar-refractivity contribution in [3.05, 3.63) is 145 Å². The fraction of sp³-hybridized carbons (Fsp3) is 0.370. The summed E-state index contributed by atoms with van der Waals surface area (Å²) in [6.45, 7) is 9.03. The quantitative estimate of drug-likeness (QED) is 0.178. The van der Waals surface area contributed by atoms with Crippen LogP contribution in [0.2, 0.25) is 0 Å². The highest BCUT2D eigenvalue weighted by molar-refractivity contribution is 7.89. The highest BCUT2D eigenvalue weighted by Crippen LogP contribution is 2.56. The van der Waals surface area contributed by atoms with Gasteiger partial charge in [-0.2, -0.15) is 5.10 Å². The molecule has 6 heterocycles. The minimum atomic E-state index is -3.34. The maximum Gasteiger partial charge on any atom is 0.438 e. The van der Waals surface area contributed by atoms with Gasteiger partial charge in [0, 0.05) is 61.3 Å². The molecule has 1 aliphatic carbocycles. The van der Waals surface area contributed by atoms with Crippen LogP contribution in [0.1, 0.15) is 94.9 Å². The van der Waals surface area contributed by atoms with E-state index in [2.05, 4.69) is 35.3 Å². The Bertz CT molecular complexity index is 3200. The van der Waals surface area contributed by atoms with Crippen LogP contribution < -0.4 is 11.4 Å². The van der Waals surface area contributed by atoms with Crippen LogP contribution in [0.5, 0.6) is 0 Å². The predicted molar refractivity (Wildman–Crippen MR) is 232 cm³/mol. The fourth-order valence-corrected chi connectivity index (χ4v) is 10.8. The summed E-state index contributed by atoms with van der Waals surface area (Å²) in [5.41, 5.74) is 4.85. The number of carbonyl (C=O) groups excluding carboxylic acids is 1. The van der Waals surface area contributed by atoms with Crippen LogP contribution in [0.25, 0.3) is 28.1 Å². The zero-order valence-corrected chi connectivity index (χ0v) is 36.4. The van der Waals surface area contributed by atoms with Crippen molar-refractivity contribution in [2.24, 2.45) is 5.92 Å². The Hall–Kier alpha value is -6.33. The molecule has 3 unspecified atom stereocenters. The number of nitrogens with one attached hydrogen (secondary N) is 1. The number of imidazole rings is 1. The Morgan fingerprint density at radius 2 is 1.70 bits per heavy atom. The number of halogens is 1. The van der Waals surface area contributed by atoms with Crippen LogP contribution >= 0.6 is 0 Å². The second-order valence-electron chi connectivity index (χ2n) is 17.5. The van der Waals surface area contributed by atoms with Gasteiger partial charge >= 0.3 is 11.4 Å². The molecule has 63 heavy (non-hydrogen) atoms. The van der Waals surface area contributed by atoms with E-state index in [1.165, 1.54) is 14.7 Å². The van der Waals surface area contributed by atoms with Crippen molar-refractivity contribution in [2.45, 2.75) is 76.6 Å². The summed E-state index contributed by atoms with van der Waals surface area (Å²) in [6, 6.07) is 17.8. The number of H-pyrrole nitrogens is 1. The van der Waals surface area contributed by atoms with E-state index in [-0.39, 0.29) is 23.4 Å². The monoisotopic (exact) mass is 874 g/mol. The molecule has 4 aromatic heterocycles. The Morgan fingerprint density at radius 1 is 0.968 bits per heavy atom. The molecule has 2 aliphatic heterocycles. The number of fused-ring (bicyclic) bond motifs is 2.